The maximum absolute atomic E-state index is 11.2. The molecule has 0 aliphatic heterocycles. The summed E-state index contributed by atoms with van der Waals surface area (Å²) in [5, 5.41) is 3.29. The van der Waals surface area contributed by atoms with Crippen molar-refractivity contribution < 1.29 is 18.7 Å². The van der Waals surface area contributed by atoms with E-state index in [0.29, 0.717) is 6.54 Å². The highest BCUT2D eigenvalue weighted by Crippen LogP contribution is 2.34. The number of ether oxygens (including phenoxy) is 2. The van der Waals surface area contributed by atoms with Crippen LogP contribution >= 0.6 is 0 Å². The molecule has 0 unspecified atom stereocenters. The van der Waals surface area contributed by atoms with Crippen LogP contribution in [0.3, 0.4) is 0 Å². The van der Waals surface area contributed by atoms with Crippen LogP contribution < -0.4 is 5.32 Å². The number of hydrogen-bond acceptors (Lipinski definition) is 5. The highest BCUT2D eigenvalue weighted by atomic mass is 16.5. The monoisotopic (exact) mass is 253 g/mol. The lowest BCUT2D eigenvalue weighted by molar-refractivity contribution is -0.0697. The van der Waals surface area contributed by atoms with Gasteiger partial charge in [0.05, 0.1) is 19.3 Å². The molecule has 0 bridgehead atoms. The van der Waals surface area contributed by atoms with Gasteiger partial charge in [0.15, 0.2) is 0 Å². The van der Waals surface area contributed by atoms with Gasteiger partial charge in [-0.15, -0.1) is 0 Å². The van der Waals surface area contributed by atoms with Crippen molar-refractivity contribution in [1.29, 1.82) is 0 Å². The first-order valence-electron chi connectivity index (χ1n) is 6.12. The molecule has 1 aromatic rings. The molecule has 0 aromatic carbocycles. The Balaban J connectivity index is 1.80. The standard InChI is InChI=1S/C13H19NO4/c1-16-12(15)11-5-4-10(18-11)8-14-9-13(17-2)6-3-7-13/h4-5,14H,3,6-9H2,1-2H3. The second-order valence-corrected chi connectivity index (χ2v) is 4.60. The van der Waals surface area contributed by atoms with Gasteiger partial charge in [-0.25, -0.2) is 4.79 Å². The molecule has 1 aliphatic carbocycles. The predicted octanol–water partition coefficient (Wildman–Crippen LogP) is 1.72. The molecule has 1 aromatic heterocycles. The third-order valence-electron chi connectivity index (χ3n) is 3.49. The van der Waals surface area contributed by atoms with Crippen LogP contribution in [0.2, 0.25) is 0 Å². The number of methoxy groups -OCH3 is 2. The molecular formula is C13H19NO4. The molecule has 1 fully saturated rings. The Kier molecular flexibility index (Phi) is 4.04. The summed E-state index contributed by atoms with van der Waals surface area (Å²) in [5.74, 6) is 0.508. The first-order valence-corrected chi connectivity index (χ1v) is 6.12. The molecule has 0 spiro atoms. The minimum atomic E-state index is -0.450. The summed E-state index contributed by atoms with van der Waals surface area (Å²) in [4.78, 5) is 11.2. The maximum atomic E-state index is 11.2. The van der Waals surface area contributed by atoms with Gasteiger partial charge in [-0.05, 0) is 31.4 Å². The van der Waals surface area contributed by atoms with E-state index >= 15 is 0 Å². The van der Waals surface area contributed by atoms with Gasteiger partial charge in [0, 0.05) is 13.7 Å². The third kappa shape index (κ3) is 2.73. The van der Waals surface area contributed by atoms with Crippen molar-refractivity contribution >= 4 is 5.97 Å². The minimum Gasteiger partial charge on any atom is -0.463 e. The average molecular weight is 253 g/mol. The Bertz CT molecular complexity index is 403. The van der Waals surface area contributed by atoms with Crippen molar-refractivity contribution in [3.8, 4) is 0 Å². The molecule has 0 saturated heterocycles. The van der Waals surface area contributed by atoms with E-state index < -0.39 is 5.97 Å². The smallest absolute Gasteiger partial charge is 0.373 e. The van der Waals surface area contributed by atoms with Gasteiger partial charge in [0.25, 0.3) is 0 Å². The summed E-state index contributed by atoms with van der Waals surface area (Å²) >= 11 is 0. The van der Waals surface area contributed by atoms with Crippen molar-refractivity contribution in [3.63, 3.8) is 0 Å². The zero-order chi connectivity index (χ0) is 13.0. The van der Waals surface area contributed by atoms with Crippen LogP contribution in [0.5, 0.6) is 0 Å². The van der Waals surface area contributed by atoms with Crippen molar-refractivity contribution in [2.24, 2.45) is 0 Å². The fourth-order valence-corrected chi connectivity index (χ4v) is 2.12. The molecule has 100 valence electrons. The molecule has 0 atom stereocenters. The van der Waals surface area contributed by atoms with Gasteiger partial charge in [-0.2, -0.15) is 0 Å². The van der Waals surface area contributed by atoms with Gasteiger partial charge in [-0.3, -0.25) is 0 Å². The first kappa shape index (κ1) is 13.1. The Hall–Kier alpha value is -1.33. The SMILES string of the molecule is COC(=O)c1ccc(CNCC2(OC)CCC2)o1. The minimum absolute atomic E-state index is 0.00221. The summed E-state index contributed by atoms with van der Waals surface area (Å²) in [6.45, 7) is 1.39. The average Bonchev–Trinajstić information content (AvgIpc) is 2.80. The lowest BCUT2D eigenvalue weighted by atomic mass is 9.80. The van der Waals surface area contributed by atoms with E-state index in [2.05, 4.69) is 10.1 Å². The highest BCUT2D eigenvalue weighted by molar-refractivity contribution is 5.86. The van der Waals surface area contributed by atoms with Crippen LogP contribution in [-0.2, 0) is 16.0 Å². The molecule has 1 saturated carbocycles. The number of carbonyl (C=O) groups is 1. The third-order valence-corrected chi connectivity index (χ3v) is 3.49. The summed E-state index contributed by atoms with van der Waals surface area (Å²) in [6, 6.07) is 3.40. The van der Waals surface area contributed by atoms with Gasteiger partial charge in [-0.1, -0.05) is 0 Å². The first-order chi connectivity index (χ1) is 8.69. The normalized spacial score (nSPS) is 17.2. The number of carbonyl (C=O) groups excluding carboxylic acids is 1. The lowest BCUT2D eigenvalue weighted by Gasteiger charge is -2.40. The van der Waals surface area contributed by atoms with E-state index in [1.807, 2.05) is 0 Å². The maximum Gasteiger partial charge on any atom is 0.373 e. The van der Waals surface area contributed by atoms with E-state index in [0.717, 1.165) is 25.1 Å². The second-order valence-electron chi connectivity index (χ2n) is 4.60. The Morgan fingerprint density at radius 2 is 2.22 bits per heavy atom. The molecule has 1 heterocycles. The Morgan fingerprint density at radius 1 is 1.44 bits per heavy atom. The van der Waals surface area contributed by atoms with Gasteiger partial charge < -0.3 is 19.2 Å². The quantitative estimate of drug-likeness (QED) is 0.782. The zero-order valence-electron chi connectivity index (χ0n) is 10.8. The van der Waals surface area contributed by atoms with Crippen LogP contribution in [0.25, 0.3) is 0 Å². The van der Waals surface area contributed by atoms with Crippen molar-refractivity contribution in [3.05, 3.63) is 23.7 Å². The van der Waals surface area contributed by atoms with Crippen LogP contribution in [0, 0.1) is 0 Å². The molecule has 0 radical (unpaired) electrons. The fraction of sp³-hybridized carbons (Fsp3) is 0.615. The van der Waals surface area contributed by atoms with E-state index in [1.54, 1.807) is 19.2 Å². The van der Waals surface area contributed by atoms with E-state index in [9.17, 15) is 4.79 Å². The molecule has 5 heteroatoms. The number of esters is 1. The van der Waals surface area contributed by atoms with E-state index in [1.165, 1.54) is 13.5 Å². The number of hydrogen-bond donors (Lipinski definition) is 1. The van der Waals surface area contributed by atoms with Crippen molar-refractivity contribution in [2.45, 2.75) is 31.4 Å². The zero-order valence-corrected chi connectivity index (χ0v) is 10.8. The van der Waals surface area contributed by atoms with Crippen LogP contribution in [-0.4, -0.2) is 32.3 Å². The Labute approximate surface area is 106 Å². The number of rotatable bonds is 6. The van der Waals surface area contributed by atoms with Crippen LogP contribution in [0.4, 0.5) is 0 Å². The topological polar surface area (TPSA) is 60.7 Å². The van der Waals surface area contributed by atoms with Crippen LogP contribution in [0.1, 0.15) is 35.6 Å². The van der Waals surface area contributed by atoms with Gasteiger partial charge >= 0.3 is 5.97 Å². The largest absolute Gasteiger partial charge is 0.463 e. The second kappa shape index (κ2) is 5.54. The molecule has 1 aliphatic rings. The summed E-state index contributed by atoms with van der Waals surface area (Å²) in [5.41, 5.74) is -0.00221. The fourth-order valence-electron chi connectivity index (χ4n) is 2.12. The van der Waals surface area contributed by atoms with Gasteiger partial charge in [0.2, 0.25) is 5.76 Å². The predicted molar refractivity (Wildman–Crippen MR) is 65.3 cm³/mol. The summed E-state index contributed by atoms with van der Waals surface area (Å²) in [6.07, 6.45) is 3.42. The lowest BCUT2D eigenvalue weighted by Crippen LogP contribution is -2.47. The molecular weight excluding hydrogens is 234 g/mol. The van der Waals surface area contributed by atoms with Crippen LogP contribution in [0.15, 0.2) is 16.5 Å². The van der Waals surface area contributed by atoms with E-state index in [4.69, 9.17) is 9.15 Å². The molecule has 5 nitrogen and oxygen atoms in total. The van der Waals surface area contributed by atoms with Gasteiger partial charge in [0.1, 0.15) is 5.76 Å². The summed E-state index contributed by atoms with van der Waals surface area (Å²) in [7, 11) is 3.09. The summed E-state index contributed by atoms with van der Waals surface area (Å²) < 4.78 is 15.4. The molecule has 18 heavy (non-hydrogen) atoms. The highest BCUT2D eigenvalue weighted by Gasteiger charge is 2.36. The van der Waals surface area contributed by atoms with Crippen molar-refractivity contribution in [2.75, 3.05) is 20.8 Å². The van der Waals surface area contributed by atoms with Crippen molar-refractivity contribution in [1.82, 2.24) is 5.32 Å². The van der Waals surface area contributed by atoms with E-state index in [-0.39, 0.29) is 11.4 Å². The Morgan fingerprint density at radius 3 is 2.78 bits per heavy atom. The molecule has 2 rings (SSSR count). The number of furan rings is 1. The molecule has 0 amide bonds. The molecule has 1 N–H and O–H groups in total. The number of nitrogens with one attached hydrogen (secondary N) is 1.